The summed E-state index contributed by atoms with van der Waals surface area (Å²) in [6, 6.07) is 9.75. The molecule has 2 aliphatic rings. The number of aryl methyl sites for hydroxylation is 1. The van der Waals surface area contributed by atoms with Gasteiger partial charge in [-0.15, -0.1) is 0 Å². The molecule has 1 aliphatic carbocycles. The van der Waals surface area contributed by atoms with E-state index in [1.54, 1.807) is 24.1 Å². The maximum absolute atomic E-state index is 12.9. The highest BCUT2D eigenvalue weighted by Crippen LogP contribution is 2.26. The Bertz CT molecular complexity index is 893. The van der Waals surface area contributed by atoms with Crippen LogP contribution in [0.2, 0.25) is 0 Å². The van der Waals surface area contributed by atoms with Crippen molar-refractivity contribution >= 4 is 11.8 Å². The van der Waals surface area contributed by atoms with Crippen molar-refractivity contribution in [3.8, 4) is 11.6 Å². The molecular formula is C22H25N3O4. The number of nitrogens with one attached hydrogen (secondary N) is 1. The summed E-state index contributed by atoms with van der Waals surface area (Å²) in [7, 11) is 1.54. The van der Waals surface area contributed by atoms with Crippen LogP contribution < -0.4 is 14.8 Å². The summed E-state index contributed by atoms with van der Waals surface area (Å²) in [5.74, 6) is 1.27. The van der Waals surface area contributed by atoms with E-state index in [4.69, 9.17) is 9.47 Å². The minimum atomic E-state index is -0.0918. The molecule has 0 radical (unpaired) electrons. The van der Waals surface area contributed by atoms with E-state index in [0.29, 0.717) is 50.0 Å². The maximum atomic E-state index is 12.9. The molecule has 4 rings (SSSR count). The molecule has 7 heteroatoms. The number of amides is 2. The lowest BCUT2D eigenvalue weighted by molar-refractivity contribution is -0.121. The second kappa shape index (κ2) is 8.51. The van der Waals surface area contributed by atoms with Crippen molar-refractivity contribution < 1.29 is 19.1 Å². The number of fused-ring (bicyclic) bond motifs is 1. The second-order valence-corrected chi connectivity index (χ2v) is 7.45. The van der Waals surface area contributed by atoms with E-state index in [0.717, 1.165) is 29.7 Å². The van der Waals surface area contributed by atoms with E-state index in [1.807, 2.05) is 18.2 Å². The Morgan fingerprint density at radius 1 is 1.28 bits per heavy atom. The van der Waals surface area contributed by atoms with Gasteiger partial charge in [-0.05, 0) is 37.0 Å². The van der Waals surface area contributed by atoms with Crippen LogP contribution in [0.1, 0.15) is 40.7 Å². The van der Waals surface area contributed by atoms with Gasteiger partial charge in [-0.25, -0.2) is 4.98 Å². The molecule has 1 aromatic carbocycles. The molecule has 0 atom stereocenters. The van der Waals surface area contributed by atoms with E-state index < -0.39 is 0 Å². The number of hydrogen-bond acceptors (Lipinski definition) is 5. The van der Waals surface area contributed by atoms with Crippen LogP contribution in [0, 0.1) is 0 Å². The van der Waals surface area contributed by atoms with Gasteiger partial charge < -0.3 is 19.7 Å². The van der Waals surface area contributed by atoms with Crippen LogP contribution >= 0.6 is 0 Å². The Morgan fingerprint density at radius 3 is 2.86 bits per heavy atom. The monoisotopic (exact) mass is 395 g/mol. The van der Waals surface area contributed by atoms with Crippen LogP contribution in [0.3, 0.4) is 0 Å². The van der Waals surface area contributed by atoms with Crippen LogP contribution in [0.25, 0.3) is 0 Å². The average molecular weight is 395 g/mol. The largest absolute Gasteiger partial charge is 0.491 e. The Balaban J connectivity index is 1.43. The molecule has 0 bridgehead atoms. The third kappa shape index (κ3) is 4.85. The molecule has 7 nitrogen and oxygen atoms in total. The van der Waals surface area contributed by atoms with Crippen molar-refractivity contribution in [1.29, 1.82) is 0 Å². The van der Waals surface area contributed by atoms with Crippen molar-refractivity contribution in [2.45, 2.75) is 38.3 Å². The fourth-order valence-electron chi connectivity index (χ4n) is 3.37. The number of aromatic nitrogens is 1. The van der Waals surface area contributed by atoms with Crippen LogP contribution in [-0.2, 0) is 17.8 Å². The molecule has 1 N–H and O–H groups in total. The first-order chi connectivity index (χ1) is 14.1. The lowest BCUT2D eigenvalue weighted by Crippen LogP contribution is -2.32. The smallest absolute Gasteiger partial charge is 0.255 e. The van der Waals surface area contributed by atoms with Gasteiger partial charge in [0.1, 0.15) is 12.4 Å². The predicted octanol–water partition coefficient (Wildman–Crippen LogP) is 2.34. The summed E-state index contributed by atoms with van der Waals surface area (Å²) in [4.78, 5) is 30.7. The van der Waals surface area contributed by atoms with E-state index in [2.05, 4.69) is 10.3 Å². The van der Waals surface area contributed by atoms with Gasteiger partial charge in [-0.2, -0.15) is 0 Å². The third-order valence-corrected chi connectivity index (χ3v) is 5.17. The molecule has 152 valence electrons. The molecule has 0 unspecified atom stereocenters. The van der Waals surface area contributed by atoms with E-state index >= 15 is 0 Å². The first-order valence-electron chi connectivity index (χ1n) is 9.95. The van der Waals surface area contributed by atoms with Crippen LogP contribution in [0.4, 0.5) is 0 Å². The Kier molecular flexibility index (Phi) is 5.64. The van der Waals surface area contributed by atoms with E-state index in [9.17, 15) is 9.59 Å². The molecule has 1 aromatic heterocycles. The highest BCUT2D eigenvalue weighted by atomic mass is 16.5. The van der Waals surface area contributed by atoms with Gasteiger partial charge >= 0.3 is 0 Å². The van der Waals surface area contributed by atoms with Crippen molar-refractivity contribution in [3.05, 3.63) is 53.2 Å². The lowest BCUT2D eigenvalue weighted by atomic mass is 10.0. The number of pyridine rings is 1. The number of rotatable bonds is 6. The quantitative estimate of drug-likeness (QED) is 0.812. The molecule has 2 amide bonds. The van der Waals surface area contributed by atoms with Crippen LogP contribution in [0.5, 0.6) is 11.6 Å². The van der Waals surface area contributed by atoms with Crippen molar-refractivity contribution in [2.24, 2.45) is 0 Å². The van der Waals surface area contributed by atoms with Crippen LogP contribution in [0.15, 0.2) is 36.5 Å². The summed E-state index contributed by atoms with van der Waals surface area (Å²) in [6.07, 6.45) is 4.85. The summed E-state index contributed by atoms with van der Waals surface area (Å²) in [6.45, 7) is 1.40. The predicted molar refractivity (Wildman–Crippen MR) is 107 cm³/mol. The van der Waals surface area contributed by atoms with Gasteiger partial charge in [0.05, 0.1) is 19.2 Å². The van der Waals surface area contributed by atoms with Gasteiger partial charge in [-0.3, -0.25) is 9.59 Å². The van der Waals surface area contributed by atoms with Gasteiger partial charge in [0.2, 0.25) is 11.8 Å². The molecule has 1 saturated carbocycles. The Labute approximate surface area is 170 Å². The molecule has 2 aromatic rings. The summed E-state index contributed by atoms with van der Waals surface area (Å²) < 4.78 is 10.9. The third-order valence-electron chi connectivity index (χ3n) is 5.17. The zero-order valence-electron chi connectivity index (χ0n) is 16.5. The average Bonchev–Trinajstić information content (AvgIpc) is 3.57. The van der Waals surface area contributed by atoms with Crippen molar-refractivity contribution in [2.75, 3.05) is 20.3 Å². The molecule has 0 saturated heterocycles. The highest BCUT2D eigenvalue weighted by molar-refractivity contribution is 5.94. The Hall–Kier alpha value is -3.09. The van der Waals surface area contributed by atoms with E-state index in [1.165, 1.54) is 6.20 Å². The molecule has 0 spiro atoms. The normalized spacial score (nSPS) is 15.7. The van der Waals surface area contributed by atoms with Crippen LogP contribution in [-0.4, -0.2) is 48.0 Å². The van der Waals surface area contributed by atoms with Gasteiger partial charge in [-0.1, -0.05) is 12.1 Å². The Morgan fingerprint density at radius 2 is 2.14 bits per heavy atom. The summed E-state index contributed by atoms with van der Waals surface area (Å²) in [5, 5.41) is 3.01. The summed E-state index contributed by atoms with van der Waals surface area (Å²) in [5.41, 5.74) is 2.54. The van der Waals surface area contributed by atoms with Crippen molar-refractivity contribution in [3.63, 3.8) is 0 Å². The molecule has 1 aliphatic heterocycles. The minimum Gasteiger partial charge on any atom is -0.491 e. The number of nitrogens with zero attached hydrogens (tertiary/aromatic N) is 2. The van der Waals surface area contributed by atoms with Gasteiger partial charge in [0, 0.05) is 36.8 Å². The number of carbonyl (C=O) groups is 2. The number of hydrogen-bond donors (Lipinski definition) is 1. The topological polar surface area (TPSA) is 80.8 Å². The van der Waals surface area contributed by atoms with Crippen molar-refractivity contribution in [1.82, 2.24) is 15.2 Å². The molecular weight excluding hydrogens is 370 g/mol. The number of methoxy groups -OCH3 is 1. The standard InChI is InChI=1S/C22H25N3O4/c1-28-21-9-4-16(13-23-21)22(27)25-10-11-29-19-7-2-15(12-17(19)14-25)3-8-20(26)24-18-5-6-18/h2,4,7,9,12-13,18H,3,5-6,8,10-11,14H2,1H3,(H,24,26). The zero-order chi connectivity index (χ0) is 20.2. The lowest BCUT2D eigenvalue weighted by Gasteiger charge is -2.20. The first-order valence-corrected chi connectivity index (χ1v) is 9.95. The maximum Gasteiger partial charge on any atom is 0.255 e. The SMILES string of the molecule is COc1ccc(C(=O)N2CCOc3ccc(CCC(=O)NC4CC4)cc3C2)cn1. The number of ether oxygens (including phenoxy) is 2. The molecule has 29 heavy (non-hydrogen) atoms. The molecule has 1 fully saturated rings. The highest BCUT2D eigenvalue weighted by Gasteiger charge is 2.24. The molecule has 2 heterocycles. The zero-order valence-corrected chi connectivity index (χ0v) is 16.5. The fourth-order valence-corrected chi connectivity index (χ4v) is 3.37. The minimum absolute atomic E-state index is 0.0918. The van der Waals surface area contributed by atoms with Gasteiger partial charge in [0.15, 0.2) is 0 Å². The summed E-state index contributed by atoms with van der Waals surface area (Å²) >= 11 is 0. The van der Waals surface area contributed by atoms with E-state index in [-0.39, 0.29) is 11.8 Å². The number of carbonyl (C=O) groups excluding carboxylic acids is 2. The second-order valence-electron chi connectivity index (χ2n) is 7.45. The number of benzene rings is 1. The first kappa shape index (κ1) is 19.2. The fraction of sp³-hybridized carbons (Fsp3) is 0.409. The van der Waals surface area contributed by atoms with Gasteiger partial charge in [0.25, 0.3) is 5.91 Å².